The average molecular weight is 325 g/mol. The minimum Gasteiger partial charge on any atom is -0.363 e. The van der Waals surface area contributed by atoms with Crippen LogP contribution in [0.1, 0.15) is 0 Å². The van der Waals surface area contributed by atoms with Crippen molar-refractivity contribution in [3.05, 3.63) is 24.8 Å². The van der Waals surface area contributed by atoms with Gasteiger partial charge in [0.05, 0.1) is 11.6 Å². The van der Waals surface area contributed by atoms with Crippen LogP contribution in [0.25, 0.3) is 11.0 Å². The highest BCUT2D eigenvalue weighted by Gasteiger charge is 2.22. The molecule has 1 aliphatic heterocycles. The van der Waals surface area contributed by atoms with Gasteiger partial charge >= 0.3 is 0 Å². The van der Waals surface area contributed by atoms with Gasteiger partial charge < -0.3 is 14.7 Å². The Balaban J connectivity index is 1.51. The van der Waals surface area contributed by atoms with Gasteiger partial charge in [0.1, 0.15) is 18.0 Å². The minimum absolute atomic E-state index is 0.768. The Labute approximate surface area is 139 Å². The van der Waals surface area contributed by atoms with Gasteiger partial charge in [0.25, 0.3) is 0 Å². The molecule has 3 aromatic rings. The lowest BCUT2D eigenvalue weighted by molar-refractivity contribution is 0.635. The Morgan fingerprint density at radius 3 is 2.62 bits per heavy atom. The number of H-pyrrole nitrogens is 1. The van der Waals surface area contributed by atoms with E-state index in [0.717, 1.165) is 54.8 Å². The third kappa shape index (κ3) is 2.57. The van der Waals surface area contributed by atoms with Crippen LogP contribution in [-0.2, 0) is 0 Å². The zero-order valence-electron chi connectivity index (χ0n) is 13.7. The molecule has 1 saturated heterocycles. The van der Waals surface area contributed by atoms with E-state index in [1.807, 2.05) is 31.3 Å². The van der Waals surface area contributed by atoms with Crippen molar-refractivity contribution in [1.82, 2.24) is 30.1 Å². The maximum absolute atomic E-state index is 4.62. The van der Waals surface area contributed by atoms with E-state index in [1.165, 1.54) is 0 Å². The lowest BCUT2D eigenvalue weighted by Gasteiger charge is -2.35. The summed E-state index contributed by atoms with van der Waals surface area (Å²) in [4.78, 5) is 24.1. The van der Waals surface area contributed by atoms with E-state index in [0.29, 0.717) is 0 Å². The van der Waals surface area contributed by atoms with Crippen LogP contribution in [0, 0.1) is 0 Å². The Bertz CT molecular complexity index is 836. The number of rotatable bonds is 3. The summed E-state index contributed by atoms with van der Waals surface area (Å²) in [5.41, 5.74) is 0.768. The van der Waals surface area contributed by atoms with Crippen molar-refractivity contribution in [3.8, 4) is 0 Å². The number of hydrogen-bond acceptors (Lipinski definition) is 8. The van der Waals surface area contributed by atoms with Gasteiger partial charge in [-0.15, -0.1) is 0 Å². The van der Waals surface area contributed by atoms with Crippen molar-refractivity contribution >= 4 is 28.6 Å². The fraction of sp³-hybridized carbons (Fsp3) is 0.400. The van der Waals surface area contributed by atoms with Crippen molar-refractivity contribution in [3.63, 3.8) is 0 Å². The smallest absolute Gasteiger partial charge is 0.227 e. The van der Waals surface area contributed by atoms with Gasteiger partial charge in [0.15, 0.2) is 5.65 Å². The van der Waals surface area contributed by atoms with Crippen molar-refractivity contribution < 1.29 is 0 Å². The number of aromatic nitrogens is 6. The second kappa shape index (κ2) is 5.91. The Kier molecular flexibility index (Phi) is 3.60. The maximum atomic E-state index is 4.62. The van der Waals surface area contributed by atoms with Crippen LogP contribution in [0.4, 0.5) is 17.6 Å². The number of nitrogens with one attached hydrogen (secondary N) is 1. The van der Waals surface area contributed by atoms with Gasteiger partial charge in [-0.2, -0.15) is 10.1 Å². The quantitative estimate of drug-likeness (QED) is 0.746. The monoisotopic (exact) mass is 325 g/mol. The molecule has 0 unspecified atom stereocenters. The van der Waals surface area contributed by atoms with Crippen molar-refractivity contribution in [2.45, 2.75) is 0 Å². The van der Waals surface area contributed by atoms with E-state index in [9.17, 15) is 0 Å². The molecule has 0 radical (unpaired) electrons. The molecule has 0 spiro atoms. The molecule has 9 nitrogen and oxygen atoms in total. The van der Waals surface area contributed by atoms with E-state index < -0.39 is 0 Å². The molecule has 0 atom stereocenters. The molecule has 3 aromatic heterocycles. The summed E-state index contributed by atoms with van der Waals surface area (Å²) in [6.07, 6.45) is 5.16. The topological polar surface area (TPSA) is 90.0 Å². The predicted octanol–water partition coefficient (Wildman–Crippen LogP) is 0.535. The summed E-state index contributed by atoms with van der Waals surface area (Å²) in [6.45, 7) is 3.40. The van der Waals surface area contributed by atoms with E-state index in [1.54, 1.807) is 12.5 Å². The van der Waals surface area contributed by atoms with Crippen molar-refractivity contribution in [2.24, 2.45) is 0 Å². The van der Waals surface area contributed by atoms with Crippen LogP contribution in [0.2, 0.25) is 0 Å². The van der Waals surface area contributed by atoms with E-state index in [4.69, 9.17) is 0 Å². The van der Waals surface area contributed by atoms with Crippen LogP contribution < -0.4 is 14.7 Å². The third-order valence-corrected chi connectivity index (χ3v) is 4.18. The first kappa shape index (κ1) is 14.6. The second-order valence-electron chi connectivity index (χ2n) is 5.91. The highest BCUT2D eigenvalue weighted by Crippen LogP contribution is 2.23. The van der Waals surface area contributed by atoms with Gasteiger partial charge in [-0.25, -0.2) is 15.0 Å². The van der Waals surface area contributed by atoms with Gasteiger partial charge in [0, 0.05) is 46.5 Å². The number of aromatic amines is 1. The molecule has 0 amide bonds. The van der Waals surface area contributed by atoms with Gasteiger partial charge in [0.2, 0.25) is 5.95 Å². The number of hydrogen-bond donors (Lipinski definition) is 1. The van der Waals surface area contributed by atoms with E-state index >= 15 is 0 Å². The molecular formula is C15H19N9. The summed E-state index contributed by atoms with van der Waals surface area (Å²) in [5.74, 6) is 2.62. The van der Waals surface area contributed by atoms with Gasteiger partial charge in [-0.1, -0.05) is 0 Å². The SMILES string of the molecule is CN(C)c1ccnc(N2CCN(c3ncnc4[nH]ncc34)CC2)n1. The fourth-order valence-electron chi connectivity index (χ4n) is 2.86. The molecule has 4 heterocycles. The maximum Gasteiger partial charge on any atom is 0.227 e. The molecule has 124 valence electrons. The van der Waals surface area contributed by atoms with Crippen LogP contribution >= 0.6 is 0 Å². The molecule has 0 aromatic carbocycles. The standard InChI is InChI=1S/C15H19N9/c1-22(2)12-3-4-16-15(20-12)24-7-5-23(6-8-24)14-11-9-19-21-13(11)17-10-18-14/h3-4,9-10H,5-8H2,1-2H3,(H,17,18,19,21). The van der Waals surface area contributed by atoms with E-state index in [-0.39, 0.29) is 0 Å². The summed E-state index contributed by atoms with van der Waals surface area (Å²) in [6, 6.07) is 1.91. The van der Waals surface area contributed by atoms with Crippen LogP contribution in [0.3, 0.4) is 0 Å². The molecule has 4 rings (SSSR count). The Hall–Kier alpha value is -2.97. The largest absolute Gasteiger partial charge is 0.363 e. The summed E-state index contributed by atoms with van der Waals surface area (Å²) in [5, 5.41) is 7.90. The minimum atomic E-state index is 0.768. The fourth-order valence-corrected chi connectivity index (χ4v) is 2.86. The number of anilines is 3. The molecule has 24 heavy (non-hydrogen) atoms. The number of fused-ring (bicyclic) bond motifs is 1. The number of nitrogens with zero attached hydrogens (tertiary/aromatic N) is 8. The Morgan fingerprint density at radius 1 is 1.04 bits per heavy atom. The summed E-state index contributed by atoms with van der Waals surface area (Å²) >= 11 is 0. The van der Waals surface area contributed by atoms with E-state index in [2.05, 4.69) is 39.9 Å². The first-order valence-corrected chi connectivity index (χ1v) is 7.87. The summed E-state index contributed by atoms with van der Waals surface area (Å²) < 4.78 is 0. The molecule has 0 bridgehead atoms. The lowest BCUT2D eigenvalue weighted by Crippen LogP contribution is -2.47. The normalized spacial score (nSPS) is 15.1. The van der Waals surface area contributed by atoms with Crippen LogP contribution in [0.15, 0.2) is 24.8 Å². The van der Waals surface area contributed by atoms with Gasteiger partial charge in [-0.05, 0) is 6.07 Å². The predicted molar refractivity (Wildman–Crippen MR) is 92.5 cm³/mol. The zero-order chi connectivity index (χ0) is 16.5. The van der Waals surface area contributed by atoms with Crippen LogP contribution in [0.5, 0.6) is 0 Å². The third-order valence-electron chi connectivity index (χ3n) is 4.18. The molecule has 0 aliphatic carbocycles. The molecule has 0 saturated carbocycles. The first-order chi connectivity index (χ1) is 11.7. The molecule has 1 fully saturated rings. The second-order valence-corrected chi connectivity index (χ2v) is 5.91. The zero-order valence-corrected chi connectivity index (χ0v) is 13.7. The summed E-state index contributed by atoms with van der Waals surface area (Å²) in [7, 11) is 3.96. The number of piperazine rings is 1. The Morgan fingerprint density at radius 2 is 1.83 bits per heavy atom. The molecule has 1 N–H and O–H groups in total. The highest BCUT2D eigenvalue weighted by atomic mass is 15.3. The van der Waals surface area contributed by atoms with Crippen LogP contribution in [-0.4, -0.2) is 70.4 Å². The van der Waals surface area contributed by atoms with Gasteiger partial charge in [-0.3, -0.25) is 5.10 Å². The van der Waals surface area contributed by atoms with Crippen molar-refractivity contribution in [2.75, 3.05) is 55.0 Å². The lowest BCUT2D eigenvalue weighted by atomic mass is 10.3. The molecule has 1 aliphatic rings. The first-order valence-electron chi connectivity index (χ1n) is 7.87. The molecular weight excluding hydrogens is 306 g/mol. The molecule has 9 heteroatoms. The van der Waals surface area contributed by atoms with Crippen molar-refractivity contribution in [1.29, 1.82) is 0 Å². The average Bonchev–Trinajstić information content (AvgIpc) is 3.11. The highest BCUT2D eigenvalue weighted by molar-refractivity contribution is 5.86.